The zero-order valence-corrected chi connectivity index (χ0v) is 13.5. The van der Waals surface area contributed by atoms with Crippen LogP contribution in [0.2, 0.25) is 0 Å². The average molecular weight is 311 g/mol. The van der Waals surface area contributed by atoms with Crippen molar-refractivity contribution in [2.24, 2.45) is 5.92 Å². The number of hydrogen-bond donors (Lipinski definition) is 4. The van der Waals surface area contributed by atoms with Crippen LogP contribution in [0.25, 0.3) is 0 Å². The minimum Gasteiger partial charge on any atom is -0.480 e. The lowest BCUT2D eigenvalue weighted by Crippen LogP contribution is -2.66. The molecule has 2 amide bonds. The fourth-order valence-corrected chi connectivity index (χ4v) is 2.81. The van der Waals surface area contributed by atoms with E-state index in [9.17, 15) is 19.5 Å². The van der Waals surface area contributed by atoms with Crippen LogP contribution in [-0.2, 0) is 14.4 Å². The lowest BCUT2D eigenvalue weighted by Gasteiger charge is -2.37. The first-order valence-electron chi connectivity index (χ1n) is 7.22. The van der Waals surface area contributed by atoms with Gasteiger partial charge in [0, 0.05) is 24.9 Å². The molecule has 1 heterocycles. The number of hydrogen-bond acceptors (Lipinski definition) is 4. The number of carbonyl (C=O) groups excluding carboxylic acids is 2. The third kappa shape index (κ3) is 3.85. The van der Waals surface area contributed by atoms with E-state index in [1.165, 1.54) is 6.92 Å². The highest BCUT2D eigenvalue weighted by molar-refractivity contribution is 5.94. The summed E-state index contributed by atoms with van der Waals surface area (Å²) in [5.74, 6) is -2.44. The number of nitrogens with one attached hydrogen (secondary N) is 3. The molecule has 1 aliphatic heterocycles. The van der Waals surface area contributed by atoms with Gasteiger partial charge in [-0.05, 0) is 27.2 Å². The maximum Gasteiger partial charge on any atom is 0.321 e. The van der Waals surface area contributed by atoms with E-state index < -0.39 is 34.9 Å². The van der Waals surface area contributed by atoms with Gasteiger partial charge >= 0.3 is 5.97 Å². The summed E-state index contributed by atoms with van der Waals surface area (Å²) in [6.07, 6.45) is 1.86. The van der Waals surface area contributed by atoms with Gasteiger partial charge < -0.3 is 21.1 Å². The molecule has 0 radical (unpaired) electrons. The highest BCUT2D eigenvalue weighted by Crippen LogP contribution is 2.31. The minimum absolute atomic E-state index is 0.0595. The summed E-state index contributed by atoms with van der Waals surface area (Å²) >= 11 is 0. The smallest absolute Gasteiger partial charge is 0.321 e. The Balaban J connectivity index is 3.24. The third-order valence-electron chi connectivity index (χ3n) is 3.62. The Bertz CT molecular complexity index is 484. The SMILES string of the molecule is C=CCC1[C@@H](C(=O)O)NCC1(NC(C)=O)C(=O)NC(C)(C)C. The summed E-state index contributed by atoms with van der Waals surface area (Å²) < 4.78 is 0. The number of aliphatic carboxylic acids is 1. The first-order chi connectivity index (χ1) is 10.0. The van der Waals surface area contributed by atoms with Gasteiger partial charge in [0.05, 0.1) is 0 Å². The van der Waals surface area contributed by atoms with Crippen LogP contribution in [0.15, 0.2) is 12.7 Å². The maximum absolute atomic E-state index is 12.8. The van der Waals surface area contributed by atoms with Crippen molar-refractivity contribution in [3.8, 4) is 0 Å². The molecule has 0 bridgehead atoms. The second-order valence-corrected chi connectivity index (χ2v) is 6.68. The zero-order chi connectivity index (χ0) is 17.1. The predicted octanol–water partition coefficient (Wildman–Crippen LogP) is 0.0247. The van der Waals surface area contributed by atoms with Gasteiger partial charge in [0.25, 0.3) is 0 Å². The molecule has 0 spiro atoms. The zero-order valence-electron chi connectivity index (χ0n) is 13.5. The Morgan fingerprint density at radius 1 is 1.41 bits per heavy atom. The van der Waals surface area contributed by atoms with Gasteiger partial charge in [0.15, 0.2) is 0 Å². The second kappa shape index (κ2) is 6.48. The average Bonchev–Trinajstić information content (AvgIpc) is 2.67. The molecule has 3 atom stereocenters. The summed E-state index contributed by atoms with van der Waals surface area (Å²) in [6, 6.07) is -0.921. The monoisotopic (exact) mass is 311 g/mol. The van der Waals surface area contributed by atoms with Crippen LogP contribution in [0, 0.1) is 5.92 Å². The largest absolute Gasteiger partial charge is 0.480 e. The second-order valence-electron chi connectivity index (χ2n) is 6.68. The Morgan fingerprint density at radius 3 is 2.41 bits per heavy atom. The molecule has 0 aromatic rings. The molecule has 1 saturated heterocycles. The van der Waals surface area contributed by atoms with E-state index in [-0.39, 0.29) is 12.5 Å². The molecule has 1 fully saturated rings. The van der Waals surface area contributed by atoms with E-state index in [1.807, 2.05) is 20.8 Å². The lowest BCUT2D eigenvalue weighted by atomic mass is 9.79. The van der Waals surface area contributed by atoms with Gasteiger partial charge in [0.1, 0.15) is 11.6 Å². The van der Waals surface area contributed by atoms with Crippen LogP contribution in [-0.4, -0.2) is 46.6 Å². The van der Waals surface area contributed by atoms with Crippen LogP contribution in [0.4, 0.5) is 0 Å². The third-order valence-corrected chi connectivity index (χ3v) is 3.62. The predicted molar refractivity (Wildman–Crippen MR) is 82.2 cm³/mol. The van der Waals surface area contributed by atoms with Crippen LogP contribution in [0.1, 0.15) is 34.1 Å². The Hall–Kier alpha value is -1.89. The van der Waals surface area contributed by atoms with Crippen LogP contribution in [0.3, 0.4) is 0 Å². The van der Waals surface area contributed by atoms with Crippen molar-refractivity contribution in [1.82, 2.24) is 16.0 Å². The summed E-state index contributed by atoms with van der Waals surface area (Å²) in [5, 5.41) is 17.7. The molecular weight excluding hydrogens is 286 g/mol. The van der Waals surface area contributed by atoms with Crippen LogP contribution < -0.4 is 16.0 Å². The molecule has 0 aromatic carbocycles. The fourth-order valence-electron chi connectivity index (χ4n) is 2.81. The highest BCUT2D eigenvalue weighted by Gasteiger charge is 2.56. The van der Waals surface area contributed by atoms with Crippen molar-refractivity contribution in [1.29, 1.82) is 0 Å². The molecule has 22 heavy (non-hydrogen) atoms. The number of carboxylic acids is 1. The molecule has 1 aliphatic rings. The fraction of sp³-hybridized carbons (Fsp3) is 0.667. The van der Waals surface area contributed by atoms with Gasteiger partial charge in [-0.3, -0.25) is 14.4 Å². The van der Waals surface area contributed by atoms with Crippen molar-refractivity contribution < 1.29 is 19.5 Å². The molecule has 0 aliphatic carbocycles. The first kappa shape index (κ1) is 18.2. The van der Waals surface area contributed by atoms with E-state index in [1.54, 1.807) is 6.08 Å². The molecule has 2 unspecified atom stereocenters. The quantitative estimate of drug-likeness (QED) is 0.536. The topological polar surface area (TPSA) is 108 Å². The Morgan fingerprint density at radius 2 is 2.00 bits per heavy atom. The van der Waals surface area contributed by atoms with Crippen molar-refractivity contribution in [3.63, 3.8) is 0 Å². The molecule has 0 saturated carbocycles. The normalized spacial score (nSPS) is 28.0. The van der Waals surface area contributed by atoms with E-state index in [2.05, 4.69) is 22.5 Å². The van der Waals surface area contributed by atoms with E-state index >= 15 is 0 Å². The molecule has 124 valence electrons. The van der Waals surface area contributed by atoms with Crippen molar-refractivity contribution >= 4 is 17.8 Å². The van der Waals surface area contributed by atoms with E-state index in [4.69, 9.17) is 0 Å². The van der Waals surface area contributed by atoms with Crippen molar-refractivity contribution in [2.75, 3.05) is 6.54 Å². The summed E-state index contributed by atoms with van der Waals surface area (Å²) in [4.78, 5) is 35.8. The van der Waals surface area contributed by atoms with Crippen LogP contribution >= 0.6 is 0 Å². The van der Waals surface area contributed by atoms with Gasteiger partial charge in [0.2, 0.25) is 11.8 Å². The Labute approximate surface area is 130 Å². The number of rotatable bonds is 5. The van der Waals surface area contributed by atoms with E-state index in [0.717, 1.165) is 0 Å². The molecule has 7 heteroatoms. The van der Waals surface area contributed by atoms with Gasteiger partial charge in [-0.2, -0.15) is 0 Å². The summed E-state index contributed by atoms with van der Waals surface area (Å²) in [5.41, 5.74) is -1.81. The first-order valence-corrected chi connectivity index (χ1v) is 7.22. The number of carbonyl (C=O) groups is 3. The molecule has 7 nitrogen and oxygen atoms in total. The highest BCUT2D eigenvalue weighted by atomic mass is 16.4. The molecule has 4 N–H and O–H groups in total. The van der Waals surface area contributed by atoms with Crippen LogP contribution in [0.5, 0.6) is 0 Å². The number of carboxylic acid groups (broad SMARTS) is 1. The molecular formula is C15H25N3O4. The van der Waals surface area contributed by atoms with Crippen molar-refractivity contribution in [2.45, 2.75) is 51.2 Å². The molecule has 1 rings (SSSR count). The van der Waals surface area contributed by atoms with Gasteiger partial charge in [-0.15, -0.1) is 6.58 Å². The lowest BCUT2D eigenvalue weighted by molar-refractivity contribution is -0.141. The number of allylic oxidation sites excluding steroid dienone is 1. The standard InChI is InChI=1S/C15H25N3O4/c1-6-7-10-11(12(20)21)16-8-15(10,17-9(2)19)13(22)18-14(3,4)5/h6,10-11,16H,1,7-8H2,2-5H3,(H,17,19)(H,18,22)(H,20,21)/t10?,11-,15?/m0/s1. The maximum atomic E-state index is 12.8. The van der Waals surface area contributed by atoms with E-state index in [0.29, 0.717) is 6.42 Å². The Kier molecular flexibility index (Phi) is 5.35. The van der Waals surface area contributed by atoms with Crippen molar-refractivity contribution in [3.05, 3.63) is 12.7 Å². The minimum atomic E-state index is -1.31. The number of amides is 2. The van der Waals surface area contributed by atoms with Gasteiger partial charge in [-0.25, -0.2) is 0 Å². The summed E-state index contributed by atoms with van der Waals surface area (Å²) in [7, 11) is 0. The molecule has 0 aromatic heterocycles. The summed E-state index contributed by atoms with van der Waals surface area (Å²) in [6.45, 7) is 10.5. The van der Waals surface area contributed by atoms with Gasteiger partial charge in [-0.1, -0.05) is 6.08 Å².